The van der Waals surface area contributed by atoms with Crippen LogP contribution in [0.3, 0.4) is 0 Å². The maximum Gasteiger partial charge on any atom is 0.416 e. The van der Waals surface area contributed by atoms with Gasteiger partial charge >= 0.3 is 12.4 Å². The predicted octanol–water partition coefficient (Wildman–Crippen LogP) is 5.91. The monoisotopic (exact) mass is 456 g/mol. The summed E-state index contributed by atoms with van der Waals surface area (Å²) in [5.41, 5.74) is -0.129. The molecule has 0 atom stereocenters. The number of nitrogens with two attached hydrogens (primary N) is 1. The molecule has 0 radical (unpaired) electrons. The second-order valence-electron chi connectivity index (χ2n) is 6.42. The molecular formula is C21H14F6N2O3. The van der Waals surface area contributed by atoms with Crippen LogP contribution in [-0.2, 0) is 12.4 Å². The third-order valence-electron chi connectivity index (χ3n) is 4.07. The van der Waals surface area contributed by atoms with Gasteiger partial charge in [0.25, 0.3) is 5.91 Å². The van der Waals surface area contributed by atoms with Crippen LogP contribution in [0.15, 0.2) is 66.7 Å². The van der Waals surface area contributed by atoms with Gasteiger partial charge in [0.15, 0.2) is 0 Å². The van der Waals surface area contributed by atoms with E-state index < -0.39 is 29.4 Å². The van der Waals surface area contributed by atoms with E-state index in [4.69, 9.17) is 15.3 Å². The van der Waals surface area contributed by atoms with E-state index in [0.29, 0.717) is 0 Å². The van der Waals surface area contributed by atoms with Crippen molar-refractivity contribution in [2.24, 2.45) is 5.84 Å². The molecule has 32 heavy (non-hydrogen) atoms. The molecule has 5 nitrogen and oxygen atoms in total. The highest BCUT2D eigenvalue weighted by molar-refractivity contribution is 5.94. The van der Waals surface area contributed by atoms with Crippen LogP contribution in [0.1, 0.15) is 21.5 Å². The Balaban J connectivity index is 1.95. The van der Waals surface area contributed by atoms with Gasteiger partial charge in [-0.2, -0.15) is 26.3 Å². The number of hydrazine groups is 1. The minimum atomic E-state index is -4.60. The Bertz CT molecular complexity index is 1050. The zero-order valence-corrected chi connectivity index (χ0v) is 15.9. The molecule has 3 N–H and O–H groups in total. The smallest absolute Gasteiger partial charge is 0.416 e. The molecule has 0 aliphatic rings. The summed E-state index contributed by atoms with van der Waals surface area (Å²) < 4.78 is 88.4. The molecule has 1 amide bonds. The summed E-state index contributed by atoms with van der Waals surface area (Å²) in [4.78, 5) is 11.9. The highest BCUT2D eigenvalue weighted by Gasteiger charge is 2.31. The number of carbonyl (C=O) groups excluding carboxylic acids is 1. The number of hydrogen-bond donors (Lipinski definition) is 2. The molecule has 0 aromatic heterocycles. The normalized spacial score (nSPS) is 11.7. The summed E-state index contributed by atoms with van der Waals surface area (Å²) >= 11 is 0. The van der Waals surface area contributed by atoms with Crippen LogP contribution in [0.2, 0.25) is 0 Å². The van der Waals surface area contributed by atoms with Gasteiger partial charge in [0, 0.05) is 11.6 Å². The van der Waals surface area contributed by atoms with Gasteiger partial charge < -0.3 is 9.47 Å². The molecule has 0 bridgehead atoms. The van der Waals surface area contributed by atoms with Crippen molar-refractivity contribution >= 4 is 5.91 Å². The van der Waals surface area contributed by atoms with Crippen LogP contribution in [0.4, 0.5) is 26.3 Å². The standard InChI is InChI=1S/C21H14F6N2O3/c22-20(23,24)13-3-1-5-15(9-13)31-17-7-12(19(30)29-28)8-18(11-17)32-16-6-2-4-14(10-16)21(25,26)27/h1-11H,28H2,(H,29,30). The Hall–Kier alpha value is -3.73. The van der Waals surface area contributed by atoms with Gasteiger partial charge in [-0.25, -0.2) is 5.84 Å². The Kier molecular flexibility index (Phi) is 6.30. The van der Waals surface area contributed by atoms with Gasteiger partial charge in [-0.1, -0.05) is 12.1 Å². The summed E-state index contributed by atoms with van der Waals surface area (Å²) in [6.07, 6.45) is -9.20. The highest BCUT2D eigenvalue weighted by atomic mass is 19.4. The topological polar surface area (TPSA) is 73.6 Å². The molecule has 0 saturated heterocycles. The molecule has 3 aromatic rings. The quantitative estimate of drug-likeness (QED) is 0.217. The fourth-order valence-electron chi connectivity index (χ4n) is 2.65. The number of hydrogen-bond acceptors (Lipinski definition) is 4. The van der Waals surface area contributed by atoms with Gasteiger partial charge in [0.2, 0.25) is 0 Å². The van der Waals surface area contributed by atoms with Crippen LogP contribution in [0, 0.1) is 0 Å². The first-order valence-corrected chi connectivity index (χ1v) is 8.82. The Morgan fingerprint density at radius 1 is 0.688 bits per heavy atom. The van der Waals surface area contributed by atoms with Crippen molar-refractivity contribution < 1.29 is 40.6 Å². The summed E-state index contributed by atoms with van der Waals surface area (Å²) in [5, 5.41) is 0. The average molecular weight is 456 g/mol. The lowest BCUT2D eigenvalue weighted by Gasteiger charge is -2.14. The van der Waals surface area contributed by atoms with Crippen molar-refractivity contribution in [1.82, 2.24) is 5.43 Å². The van der Waals surface area contributed by atoms with Crippen molar-refractivity contribution in [2.45, 2.75) is 12.4 Å². The van der Waals surface area contributed by atoms with Gasteiger partial charge in [-0.05, 0) is 48.5 Å². The highest BCUT2D eigenvalue weighted by Crippen LogP contribution is 2.36. The minimum Gasteiger partial charge on any atom is -0.457 e. The second-order valence-corrected chi connectivity index (χ2v) is 6.42. The van der Waals surface area contributed by atoms with Crippen LogP contribution < -0.4 is 20.7 Å². The van der Waals surface area contributed by atoms with Gasteiger partial charge in [-0.3, -0.25) is 10.2 Å². The zero-order chi connectivity index (χ0) is 23.5. The third-order valence-corrected chi connectivity index (χ3v) is 4.07. The summed E-state index contributed by atoms with van der Waals surface area (Å²) in [5.74, 6) is 3.75. The molecule has 3 rings (SSSR count). The molecule has 3 aromatic carbocycles. The lowest BCUT2D eigenvalue weighted by atomic mass is 10.1. The number of nitrogens with one attached hydrogen (secondary N) is 1. The zero-order valence-electron chi connectivity index (χ0n) is 15.9. The van der Waals surface area contributed by atoms with E-state index >= 15 is 0 Å². The first-order chi connectivity index (χ1) is 15.0. The van der Waals surface area contributed by atoms with Crippen LogP contribution in [0.25, 0.3) is 0 Å². The number of benzene rings is 3. The lowest BCUT2D eigenvalue weighted by Crippen LogP contribution is -2.29. The maximum atomic E-state index is 12.9. The number of amides is 1. The van der Waals surface area contributed by atoms with Gasteiger partial charge in [0.1, 0.15) is 23.0 Å². The third kappa shape index (κ3) is 5.70. The maximum absolute atomic E-state index is 12.9. The second kappa shape index (κ2) is 8.79. The van der Waals surface area contributed by atoms with Crippen molar-refractivity contribution in [1.29, 1.82) is 0 Å². The largest absolute Gasteiger partial charge is 0.457 e. The Morgan fingerprint density at radius 3 is 1.50 bits per heavy atom. The first-order valence-electron chi connectivity index (χ1n) is 8.82. The molecule has 0 heterocycles. The van der Waals surface area contributed by atoms with E-state index in [2.05, 4.69) is 0 Å². The number of rotatable bonds is 5. The summed E-state index contributed by atoms with van der Waals surface area (Å²) in [6.45, 7) is 0. The molecular weight excluding hydrogens is 442 g/mol. The van der Waals surface area contributed by atoms with Crippen LogP contribution in [-0.4, -0.2) is 5.91 Å². The lowest BCUT2D eigenvalue weighted by molar-refractivity contribution is -0.138. The molecule has 11 heteroatoms. The molecule has 0 aliphatic carbocycles. The predicted molar refractivity (Wildman–Crippen MR) is 101 cm³/mol. The van der Waals surface area contributed by atoms with E-state index in [0.717, 1.165) is 36.4 Å². The molecule has 0 fully saturated rings. The Morgan fingerprint density at radius 2 is 1.12 bits per heavy atom. The molecule has 0 saturated carbocycles. The van der Waals surface area contributed by atoms with Gasteiger partial charge in [0.05, 0.1) is 11.1 Å². The van der Waals surface area contributed by atoms with Crippen LogP contribution in [0.5, 0.6) is 23.0 Å². The summed E-state index contributed by atoms with van der Waals surface area (Å²) in [7, 11) is 0. The Labute approximate surface area is 177 Å². The minimum absolute atomic E-state index is 0.0982. The molecule has 0 aliphatic heterocycles. The molecule has 168 valence electrons. The van der Waals surface area contributed by atoms with E-state index in [9.17, 15) is 31.1 Å². The first kappa shape index (κ1) is 22.9. The number of alkyl halides is 6. The van der Waals surface area contributed by atoms with E-state index in [1.165, 1.54) is 30.3 Å². The summed E-state index contributed by atoms with van der Waals surface area (Å²) in [6, 6.07) is 11.6. The van der Waals surface area contributed by atoms with Gasteiger partial charge in [-0.15, -0.1) is 0 Å². The molecule has 0 spiro atoms. The average Bonchev–Trinajstić information content (AvgIpc) is 2.72. The van der Waals surface area contributed by atoms with E-state index in [1.54, 1.807) is 0 Å². The number of ether oxygens (including phenoxy) is 2. The van der Waals surface area contributed by atoms with Crippen molar-refractivity contribution in [3.8, 4) is 23.0 Å². The number of carbonyl (C=O) groups is 1. The van der Waals surface area contributed by atoms with Crippen molar-refractivity contribution in [2.75, 3.05) is 0 Å². The van der Waals surface area contributed by atoms with Crippen LogP contribution >= 0.6 is 0 Å². The fraction of sp³-hybridized carbons (Fsp3) is 0.0952. The van der Waals surface area contributed by atoms with E-state index in [1.807, 2.05) is 5.43 Å². The molecule has 0 unspecified atom stereocenters. The van der Waals surface area contributed by atoms with Crippen molar-refractivity contribution in [3.05, 3.63) is 83.4 Å². The number of nitrogen functional groups attached to an aromatic ring is 1. The van der Waals surface area contributed by atoms with Crippen molar-refractivity contribution in [3.63, 3.8) is 0 Å². The number of halogens is 6. The fourth-order valence-corrected chi connectivity index (χ4v) is 2.65. The van der Waals surface area contributed by atoms with E-state index in [-0.39, 0.29) is 28.6 Å². The SMILES string of the molecule is NNC(=O)c1cc(Oc2cccc(C(F)(F)F)c2)cc(Oc2cccc(C(F)(F)F)c2)c1.